The Balaban J connectivity index is 1.48. The predicted molar refractivity (Wildman–Crippen MR) is 128 cm³/mol. The summed E-state index contributed by atoms with van der Waals surface area (Å²) in [5.41, 5.74) is 0.196. The number of hydrogen-bond acceptors (Lipinski definition) is 6. The SMILES string of the molecule is CNC(C)(C)COCC(=O)N1CCC[C@H](C(=O)NCc2nc(-c3ccc(C(F)(F)F)cc3)cs2)C1. The molecule has 2 N–H and O–H groups in total. The van der Waals surface area contributed by atoms with Gasteiger partial charge in [-0.15, -0.1) is 11.3 Å². The third-order valence-electron chi connectivity index (χ3n) is 5.98. The van der Waals surface area contributed by atoms with Crippen LogP contribution in [0.4, 0.5) is 13.2 Å². The number of amides is 2. The van der Waals surface area contributed by atoms with Crippen molar-refractivity contribution in [2.75, 3.05) is 33.4 Å². The summed E-state index contributed by atoms with van der Waals surface area (Å²) in [5, 5.41) is 8.39. The zero-order chi connectivity index (χ0) is 25.6. The number of likely N-dealkylation sites (N-methyl/N-ethyl adjacent to an activating group) is 1. The molecule has 1 aromatic carbocycles. The number of rotatable bonds is 9. The Morgan fingerprint density at radius 2 is 1.94 bits per heavy atom. The van der Waals surface area contributed by atoms with Crippen LogP contribution in [0, 0.1) is 5.92 Å². The van der Waals surface area contributed by atoms with Crippen LogP contribution in [-0.4, -0.2) is 60.6 Å². The van der Waals surface area contributed by atoms with Gasteiger partial charge in [-0.25, -0.2) is 4.98 Å². The first kappa shape index (κ1) is 27.1. The van der Waals surface area contributed by atoms with Gasteiger partial charge in [0.1, 0.15) is 11.6 Å². The number of alkyl halides is 3. The van der Waals surface area contributed by atoms with E-state index in [-0.39, 0.29) is 36.4 Å². The highest BCUT2D eigenvalue weighted by Crippen LogP contribution is 2.31. The number of likely N-dealkylation sites (tertiary alicyclic amines) is 1. The van der Waals surface area contributed by atoms with Crippen LogP contribution in [0.15, 0.2) is 29.6 Å². The molecular formula is C24H31F3N4O3S. The highest BCUT2D eigenvalue weighted by Gasteiger charge is 2.30. The molecule has 1 saturated heterocycles. The van der Waals surface area contributed by atoms with Gasteiger partial charge in [0, 0.05) is 29.6 Å². The summed E-state index contributed by atoms with van der Waals surface area (Å²) in [6.07, 6.45) is -2.95. The van der Waals surface area contributed by atoms with Gasteiger partial charge in [0.15, 0.2) is 0 Å². The van der Waals surface area contributed by atoms with E-state index in [0.29, 0.717) is 42.4 Å². The molecule has 192 valence electrons. The Kier molecular flexibility index (Phi) is 8.89. The zero-order valence-electron chi connectivity index (χ0n) is 20.1. The van der Waals surface area contributed by atoms with Crippen molar-refractivity contribution >= 4 is 23.2 Å². The second-order valence-electron chi connectivity index (χ2n) is 9.22. The van der Waals surface area contributed by atoms with Crippen LogP contribution < -0.4 is 10.6 Å². The van der Waals surface area contributed by atoms with E-state index in [2.05, 4.69) is 15.6 Å². The van der Waals surface area contributed by atoms with Gasteiger partial charge < -0.3 is 20.3 Å². The number of carbonyl (C=O) groups excluding carboxylic acids is 2. The van der Waals surface area contributed by atoms with Crippen molar-refractivity contribution in [3.63, 3.8) is 0 Å². The molecule has 2 heterocycles. The van der Waals surface area contributed by atoms with Gasteiger partial charge in [0.05, 0.1) is 30.3 Å². The number of aromatic nitrogens is 1. The Morgan fingerprint density at radius 3 is 2.60 bits per heavy atom. The first-order chi connectivity index (χ1) is 16.5. The van der Waals surface area contributed by atoms with E-state index < -0.39 is 11.7 Å². The minimum Gasteiger partial charge on any atom is -0.370 e. The monoisotopic (exact) mass is 512 g/mol. The third kappa shape index (κ3) is 7.74. The minimum absolute atomic E-state index is 0.0225. The van der Waals surface area contributed by atoms with Gasteiger partial charge in [0.25, 0.3) is 0 Å². The first-order valence-electron chi connectivity index (χ1n) is 11.4. The molecule has 0 radical (unpaired) electrons. The second kappa shape index (κ2) is 11.5. The lowest BCUT2D eigenvalue weighted by Crippen LogP contribution is -2.47. The fourth-order valence-corrected chi connectivity index (χ4v) is 4.38. The number of piperidine rings is 1. The van der Waals surface area contributed by atoms with Gasteiger partial charge >= 0.3 is 6.18 Å². The molecule has 0 unspecified atom stereocenters. The van der Waals surface area contributed by atoms with E-state index in [1.807, 2.05) is 20.9 Å². The Morgan fingerprint density at radius 1 is 1.23 bits per heavy atom. The second-order valence-corrected chi connectivity index (χ2v) is 10.2. The van der Waals surface area contributed by atoms with Gasteiger partial charge in [-0.05, 0) is 45.9 Å². The van der Waals surface area contributed by atoms with Crippen LogP contribution in [0.3, 0.4) is 0 Å². The van der Waals surface area contributed by atoms with Gasteiger partial charge in [0.2, 0.25) is 11.8 Å². The average molecular weight is 513 g/mol. The van der Waals surface area contributed by atoms with E-state index in [4.69, 9.17) is 4.74 Å². The summed E-state index contributed by atoms with van der Waals surface area (Å²) in [7, 11) is 1.83. The molecule has 1 aliphatic rings. The Bertz CT molecular complexity index is 1010. The highest BCUT2D eigenvalue weighted by atomic mass is 32.1. The minimum atomic E-state index is -4.38. The molecule has 7 nitrogen and oxygen atoms in total. The Hall–Kier alpha value is -2.50. The van der Waals surface area contributed by atoms with Crippen LogP contribution in [0.5, 0.6) is 0 Å². The van der Waals surface area contributed by atoms with Crippen molar-refractivity contribution in [3.05, 3.63) is 40.2 Å². The summed E-state index contributed by atoms with van der Waals surface area (Å²) in [4.78, 5) is 31.3. The van der Waals surface area contributed by atoms with Gasteiger partial charge in [-0.3, -0.25) is 9.59 Å². The Labute approximate surface area is 207 Å². The number of ether oxygens (including phenoxy) is 1. The van der Waals surface area contributed by atoms with E-state index in [9.17, 15) is 22.8 Å². The molecular weight excluding hydrogens is 481 g/mol. The average Bonchev–Trinajstić information content (AvgIpc) is 3.31. The molecule has 3 rings (SSSR count). The number of carbonyl (C=O) groups is 2. The molecule has 0 spiro atoms. The van der Waals surface area contributed by atoms with Gasteiger partial charge in [-0.2, -0.15) is 13.2 Å². The quantitative estimate of drug-likeness (QED) is 0.536. The van der Waals surface area contributed by atoms with Crippen molar-refractivity contribution < 1.29 is 27.5 Å². The summed E-state index contributed by atoms with van der Waals surface area (Å²) in [5.74, 6) is -0.586. The summed E-state index contributed by atoms with van der Waals surface area (Å²) >= 11 is 1.33. The van der Waals surface area contributed by atoms with Crippen molar-refractivity contribution in [2.45, 2.75) is 44.9 Å². The first-order valence-corrected chi connectivity index (χ1v) is 12.3. The number of nitrogens with zero attached hydrogens (tertiary/aromatic N) is 2. The molecule has 11 heteroatoms. The van der Waals surface area contributed by atoms with Crippen molar-refractivity contribution in [1.29, 1.82) is 0 Å². The van der Waals surface area contributed by atoms with Crippen molar-refractivity contribution in [2.24, 2.45) is 5.92 Å². The molecule has 0 saturated carbocycles. The largest absolute Gasteiger partial charge is 0.416 e. The fourth-order valence-electron chi connectivity index (χ4n) is 3.64. The van der Waals surface area contributed by atoms with E-state index in [1.54, 1.807) is 10.3 Å². The summed E-state index contributed by atoms with van der Waals surface area (Å²) in [6.45, 7) is 5.50. The van der Waals surface area contributed by atoms with Crippen LogP contribution >= 0.6 is 11.3 Å². The zero-order valence-corrected chi connectivity index (χ0v) is 20.9. The highest BCUT2D eigenvalue weighted by molar-refractivity contribution is 7.09. The maximum atomic E-state index is 12.8. The van der Waals surface area contributed by atoms with Crippen LogP contribution in [0.2, 0.25) is 0 Å². The normalized spacial score (nSPS) is 16.9. The topological polar surface area (TPSA) is 83.6 Å². The lowest BCUT2D eigenvalue weighted by atomic mass is 9.97. The molecule has 35 heavy (non-hydrogen) atoms. The number of thiazole rings is 1. The van der Waals surface area contributed by atoms with Crippen molar-refractivity contribution in [3.8, 4) is 11.3 Å². The number of halogens is 3. The molecule has 0 aliphatic carbocycles. The molecule has 1 aliphatic heterocycles. The summed E-state index contributed by atoms with van der Waals surface area (Å²) in [6, 6.07) is 4.83. The molecule has 1 atom stereocenters. The maximum absolute atomic E-state index is 12.8. The smallest absolute Gasteiger partial charge is 0.370 e. The molecule has 0 bridgehead atoms. The maximum Gasteiger partial charge on any atom is 0.416 e. The number of hydrogen-bond donors (Lipinski definition) is 2. The lowest BCUT2D eigenvalue weighted by molar-refractivity contribution is -0.140. The van der Waals surface area contributed by atoms with E-state index in [0.717, 1.165) is 18.6 Å². The number of nitrogens with one attached hydrogen (secondary N) is 2. The summed E-state index contributed by atoms with van der Waals surface area (Å²) < 4.78 is 43.8. The van der Waals surface area contributed by atoms with E-state index in [1.165, 1.54) is 23.5 Å². The molecule has 2 aromatic rings. The molecule has 1 fully saturated rings. The standard InChI is InChI=1S/C24H31F3N4O3S/c1-23(2,28-3)15-34-13-21(32)31-10-4-5-17(12-31)22(33)29-11-20-30-19(14-35-20)16-6-8-18(9-7-16)24(25,26)27/h6-9,14,17,28H,4-5,10-13,15H2,1-3H3,(H,29,33)/t17-/m0/s1. The molecule has 1 aromatic heterocycles. The number of benzene rings is 1. The van der Waals surface area contributed by atoms with Gasteiger partial charge in [-0.1, -0.05) is 12.1 Å². The van der Waals surface area contributed by atoms with Crippen LogP contribution in [-0.2, 0) is 27.0 Å². The van der Waals surface area contributed by atoms with Crippen LogP contribution in [0.1, 0.15) is 37.3 Å². The lowest BCUT2D eigenvalue weighted by Gasteiger charge is -2.32. The van der Waals surface area contributed by atoms with E-state index >= 15 is 0 Å². The fraction of sp³-hybridized carbons (Fsp3) is 0.542. The predicted octanol–water partition coefficient (Wildman–Crippen LogP) is 3.70. The molecule has 2 amide bonds. The third-order valence-corrected chi connectivity index (χ3v) is 6.83. The van der Waals surface area contributed by atoms with Crippen molar-refractivity contribution in [1.82, 2.24) is 20.5 Å². The van der Waals surface area contributed by atoms with Crippen LogP contribution in [0.25, 0.3) is 11.3 Å².